The Labute approximate surface area is 202 Å². The average Bonchev–Trinajstić information content (AvgIpc) is 2.74. The summed E-state index contributed by atoms with van der Waals surface area (Å²) in [5.41, 5.74) is 1.52. The molecule has 0 saturated carbocycles. The monoisotopic (exact) mass is 549 g/mol. The molecule has 31 heavy (non-hydrogen) atoms. The van der Waals surface area contributed by atoms with Gasteiger partial charge in [0.25, 0.3) is 0 Å². The van der Waals surface area contributed by atoms with Crippen LogP contribution in [0.4, 0.5) is 10.1 Å². The second-order valence-corrected chi connectivity index (χ2v) is 8.34. The molecular formula is C22H37FIN5O2. The lowest BCUT2D eigenvalue weighted by Gasteiger charge is -2.34. The molecule has 0 amide bonds. The molecule has 0 radical (unpaired) electrons. The number of rotatable bonds is 7. The molecule has 176 valence electrons. The van der Waals surface area contributed by atoms with Gasteiger partial charge in [-0.15, -0.1) is 24.0 Å². The number of aliphatic imine (C=N–C) groups is 1. The Morgan fingerprint density at radius 3 is 2.65 bits per heavy atom. The number of morpholine rings is 2. The van der Waals surface area contributed by atoms with E-state index in [1.807, 2.05) is 17.0 Å². The number of nitrogens with zero attached hydrogens (tertiary/aromatic N) is 3. The minimum atomic E-state index is -0.194. The lowest BCUT2D eigenvalue weighted by Crippen LogP contribution is -2.50. The Morgan fingerprint density at radius 1 is 1.19 bits per heavy atom. The number of halogens is 2. The number of benzene rings is 1. The Balaban J connectivity index is 0.00000341. The van der Waals surface area contributed by atoms with Crippen molar-refractivity contribution in [3.63, 3.8) is 0 Å². The summed E-state index contributed by atoms with van der Waals surface area (Å²) in [4.78, 5) is 8.76. The molecule has 2 aliphatic rings. The zero-order valence-corrected chi connectivity index (χ0v) is 21.2. The van der Waals surface area contributed by atoms with Gasteiger partial charge in [-0.05, 0) is 23.6 Å². The lowest BCUT2D eigenvalue weighted by molar-refractivity contribution is -0.0284. The third-order valence-corrected chi connectivity index (χ3v) is 5.39. The molecule has 1 atom stereocenters. The van der Waals surface area contributed by atoms with Gasteiger partial charge < -0.3 is 25.0 Å². The van der Waals surface area contributed by atoms with E-state index < -0.39 is 0 Å². The number of ether oxygens (including phenoxy) is 2. The average molecular weight is 549 g/mol. The minimum absolute atomic E-state index is 0. The molecule has 2 fully saturated rings. The fourth-order valence-electron chi connectivity index (χ4n) is 3.92. The molecule has 0 aliphatic carbocycles. The summed E-state index contributed by atoms with van der Waals surface area (Å²) in [6, 6.07) is 5.41. The third-order valence-electron chi connectivity index (χ3n) is 5.39. The molecule has 1 aromatic rings. The summed E-state index contributed by atoms with van der Waals surface area (Å²) in [7, 11) is 1.74. The number of hydrogen-bond donors (Lipinski definition) is 2. The highest BCUT2D eigenvalue weighted by Crippen LogP contribution is 2.21. The maximum Gasteiger partial charge on any atom is 0.191 e. The van der Waals surface area contributed by atoms with Crippen molar-refractivity contribution in [3.8, 4) is 0 Å². The predicted molar refractivity (Wildman–Crippen MR) is 134 cm³/mol. The van der Waals surface area contributed by atoms with Gasteiger partial charge in [-0.2, -0.15) is 0 Å². The summed E-state index contributed by atoms with van der Waals surface area (Å²) in [6.07, 6.45) is 0.140. The molecule has 3 rings (SSSR count). The van der Waals surface area contributed by atoms with Gasteiger partial charge in [-0.3, -0.25) is 9.89 Å². The van der Waals surface area contributed by atoms with Crippen molar-refractivity contribution in [2.24, 2.45) is 10.9 Å². The van der Waals surface area contributed by atoms with Crippen LogP contribution in [0.25, 0.3) is 0 Å². The van der Waals surface area contributed by atoms with Gasteiger partial charge in [0.2, 0.25) is 0 Å². The second kappa shape index (κ2) is 13.4. The zero-order valence-electron chi connectivity index (χ0n) is 18.9. The molecule has 2 N–H and O–H groups in total. The van der Waals surface area contributed by atoms with Crippen LogP contribution in [0, 0.1) is 11.7 Å². The first kappa shape index (κ1) is 26.1. The highest BCUT2D eigenvalue weighted by atomic mass is 127. The van der Waals surface area contributed by atoms with E-state index in [9.17, 15) is 4.39 Å². The van der Waals surface area contributed by atoms with Gasteiger partial charge in [0.1, 0.15) is 5.82 Å². The normalized spacial score (nSPS) is 20.5. The molecule has 0 spiro atoms. The smallest absolute Gasteiger partial charge is 0.191 e. The van der Waals surface area contributed by atoms with Gasteiger partial charge in [0, 0.05) is 52.9 Å². The maximum absolute atomic E-state index is 14.6. The zero-order chi connectivity index (χ0) is 21.3. The first-order valence-electron chi connectivity index (χ1n) is 10.9. The van der Waals surface area contributed by atoms with Crippen LogP contribution in [0.3, 0.4) is 0 Å². The van der Waals surface area contributed by atoms with E-state index in [2.05, 4.69) is 34.4 Å². The standard InChI is InChI=1S/C22H36FN5O2.HI/c1-17(2)15-27-6-11-30-19(16-27)14-26-22(24-3)25-13-18-4-5-21(20(23)12-18)28-7-9-29-10-8-28;/h4-5,12,17,19H,6-11,13-16H2,1-3H3,(H2,24,25,26);1H. The molecule has 2 saturated heterocycles. The van der Waals surface area contributed by atoms with Crippen molar-refractivity contribution in [2.75, 3.05) is 71.0 Å². The molecule has 7 nitrogen and oxygen atoms in total. The number of hydrogen-bond acceptors (Lipinski definition) is 5. The Bertz CT molecular complexity index is 700. The summed E-state index contributed by atoms with van der Waals surface area (Å²) >= 11 is 0. The van der Waals surface area contributed by atoms with Crippen LogP contribution in [-0.4, -0.2) is 83.1 Å². The Kier molecular flexibility index (Phi) is 11.3. The number of anilines is 1. The van der Waals surface area contributed by atoms with Crippen LogP contribution >= 0.6 is 24.0 Å². The van der Waals surface area contributed by atoms with Gasteiger partial charge in [0.15, 0.2) is 5.96 Å². The largest absolute Gasteiger partial charge is 0.378 e. The molecule has 0 bridgehead atoms. The van der Waals surface area contributed by atoms with E-state index in [1.165, 1.54) is 0 Å². The summed E-state index contributed by atoms with van der Waals surface area (Å²) in [6.45, 7) is 12.2. The highest BCUT2D eigenvalue weighted by Gasteiger charge is 2.21. The summed E-state index contributed by atoms with van der Waals surface area (Å²) in [5, 5.41) is 6.60. The van der Waals surface area contributed by atoms with Crippen molar-refractivity contribution >= 4 is 35.6 Å². The SMILES string of the molecule is CN=C(NCc1ccc(N2CCOCC2)c(F)c1)NCC1CN(CC(C)C)CCO1.I. The van der Waals surface area contributed by atoms with Crippen LogP contribution in [0.2, 0.25) is 0 Å². The Morgan fingerprint density at radius 2 is 1.97 bits per heavy atom. The summed E-state index contributed by atoms with van der Waals surface area (Å²) in [5.74, 6) is 1.15. The van der Waals surface area contributed by atoms with Gasteiger partial charge in [-0.25, -0.2) is 4.39 Å². The first-order valence-corrected chi connectivity index (χ1v) is 10.9. The molecule has 1 aromatic carbocycles. The predicted octanol–water partition coefficient (Wildman–Crippen LogP) is 2.30. The second-order valence-electron chi connectivity index (χ2n) is 8.34. The fraction of sp³-hybridized carbons (Fsp3) is 0.682. The van der Waals surface area contributed by atoms with E-state index in [-0.39, 0.29) is 35.9 Å². The molecule has 0 aromatic heterocycles. The molecular weight excluding hydrogens is 512 g/mol. The lowest BCUT2D eigenvalue weighted by atomic mass is 10.1. The van der Waals surface area contributed by atoms with E-state index >= 15 is 0 Å². The van der Waals surface area contributed by atoms with E-state index in [4.69, 9.17) is 9.47 Å². The minimum Gasteiger partial charge on any atom is -0.378 e. The highest BCUT2D eigenvalue weighted by molar-refractivity contribution is 14.0. The van der Waals surface area contributed by atoms with Crippen molar-refractivity contribution in [3.05, 3.63) is 29.6 Å². The maximum atomic E-state index is 14.6. The van der Waals surface area contributed by atoms with Crippen molar-refractivity contribution in [1.82, 2.24) is 15.5 Å². The quantitative estimate of drug-likeness (QED) is 0.310. The van der Waals surface area contributed by atoms with Gasteiger partial charge in [0.05, 0.1) is 31.6 Å². The first-order chi connectivity index (χ1) is 14.5. The number of nitrogens with one attached hydrogen (secondary N) is 2. The van der Waals surface area contributed by atoms with Crippen molar-refractivity contribution < 1.29 is 13.9 Å². The van der Waals surface area contributed by atoms with Crippen LogP contribution < -0.4 is 15.5 Å². The van der Waals surface area contributed by atoms with Crippen molar-refractivity contribution in [1.29, 1.82) is 0 Å². The summed E-state index contributed by atoms with van der Waals surface area (Å²) < 4.78 is 25.8. The topological polar surface area (TPSA) is 61.4 Å². The molecule has 1 unspecified atom stereocenters. The van der Waals surface area contributed by atoms with Crippen LogP contribution in [-0.2, 0) is 16.0 Å². The number of guanidine groups is 1. The van der Waals surface area contributed by atoms with Crippen LogP contribution in [0.1, 0.15) is 19.4 Å². The molecule has 2 aliphatic heterocycles. The van der Waals surface area contributed by atoms with Crippen molar-refractivity contribution in [2.45, 2.75) is 26.5 Å². The van der Waals surface area contributed by atoms with E-state index in [0.717, 1.165) is 44.9 Å². The van der Waals surface area contributed by atoms with Crippen LogP contribution in [0.5, 0.6) is 0 Å². The third kappa shape index (κ3) is 8.36. The van der Waals surface area contributed by atoms with E-state index in [1.54, 1.807) is 13.1 Å². The van der Waals surface area contributed by atoms with Crippen LogP contribution in [0.15, 0.2) is 23.2 Å². The fourth-order valence-corrected chi connectivity index (χ4v) is 3.92. The molecule has 2 heterocycles. The van der Waals surface area contributed by atoms with E-state index in [0.29, 0.717) is 43.9 Å². The molecule has 9 heteroatoms. The van der Waals surface area contributed by atoms with Gasteiger partial charge in [-0.1, -0.05) is 19.9 Å². The van der Waals surface area contributed by atoms with Gasteiger partial charge >= 0.3 is 0 Å². The Hall–Kier alpha value is -1.17.